The summed E-state index contributed by atoms with van der Waals surface area (Å²) in [7, 11) is -3.58. The summed E-state index contributed by atoms with van der Waals surface area (Å²) in [5.74, 6) is 0.366. The molecule has 1 N–H and O–H groups in total. The fourth-order valence-corrected chi connectivity index (χ4v) is 4.87. The summed E-state index contributed by atoms with van der Waals surface area (Å²) in [5.41, 5.74) is 3.70. The molecule has 1 aliphatic rings. The summed E-state index contributed by atoms with van der Waals surface area (Å²) in [6.45, 7) is 8.03. The van der Waals surface area contributed by atoms with Crippen LogP contribution in [0.15, 0.2) is 48.5 Å². The van der Waals surface area contributed by atoms with Crippen LogP contribution in [0.5, 0.6) is 0 Å². The highest BCUT2D eigenvalue weighted by molar-refractivity contribution is 7.92. The molecule has 0 bridgehead atoms. The van der Waals surface area contributed by atoms with Crippen molar-refractivity contribution in [1.29, 1.82) is 0 Å². The maximum absolute atomic E-state index is 12.6. The van der Waals surface area contributed by atoms with Crippen LogP contribution in [0.1, 0.15) is 43.9 Å². The first kappa shape index (κ1) is 23.1. The molecule has 0 aliphatic carbocycles. The number of aryl methyl sites for hydroxylation is 1. The van der Waals surface area contributed by atoms with E-state index in [1.807, 2.05) is 38.1 Å². The molecule has 0 spiro atoms. The van der Waals surface area contributed by atoms with Crippen molar-refractivity contribution < 1.29 is 13.2 Å². The minimum Gasteiger partial charge on any atom is -0.371 e. The monoisotopic (exact) mass is 443 g/mol. The summed E-state index contributed by atoms with van der Waals surface area (Å²) in [4.78, 5) is 15.1. The third kappa shape index (κ3) is 6.23. The molecule has 0 aromatic heterocycles. The number of benzene rings is 2. The minimum absolute atomic E-state index is 0.221. The van der Waals surface area contributed by atoms with E-state index >= 15 is 0 Å². The number of nitrogens with zero attached hydrogens (tertiary/aromatic N) is 2. The van der Waals surface area contributed by atoms with E-state index in [0.717, 1.165) is 34.8 Å². The Morgan fingerprint density at radius 3 is 2.39 bits per heavy atom. The van der Waals surface area contributed by atoms with Gasteiger partial charge in [0.05, 0.1) is 18.0 Å². The minimum atomic E-state index is -3.58. The number of rotatable bonds is 7. The molecule has 6 nitrogen and oxygen atoms in total. The van der Waals surface area contributed by atoms with Crippen molar-refractivity contribution in [1.82, 2.24) is 5.32 Å². The molecule has 1 heterocycles. The number of nitrogens with one attached hydrogen (secondary N) is 1. The molecule has 1 aliphatic heterocycles. The molecule has 31 heavy (non-hydrogen) atoms. The number of sulfonamides is 1. The van der Waals surface area contributed by atoms with Gasteiger partial charge >= 0.3 is 0 Å². The molecular weight excluding hydrogens is 410 g/mol. The second kappa shape index (κ2) is 9.73. The number of carbonyl (C=O) groups is 1. The van der Waals surface area contributed by atoms with Gasteiger partial charge in [0.15, 0.2) is 0 Å². The van der Waals surface area contributed by atoms with E-state index < -0.39 is 10.0 Å². The molecular formula is C24H33N3O3S. The molecule has 2 aromatic rings. The van der Waals surface area contributed by atoms with E-state index in [9.17, 15) is 13.2 Å². The lowest BCUT2D eigenvalue weighted by atomic mass is 9.99. The Kier molecular flexibility index (Phi) is 7.26. The lowest BCUT2D eigenvalue weighted by Gasteiger charge is -2.33. The van der Waals surface area contributed by atoms with Gasteiger partial charge in [0.25, 0.3) is 0 Å². The quantitative estimate of drug-likeness (QED) is 0.705. The lowest BCUT2D eigenvalue weighted by Crippen LogP contribution is -2.41. The molecule has 1 fully saturated rings. The average Bonchev–Trinajstić information content (AvgIpc) is 2.72. The Morgan fingerprint density at radius 2 is 1.81 bits per heavy atom. The molecule has 2 atom stereocenters. The maximum Gasteiger partial charge on any atom is 0.241 e. The third-order valence-corrected chi connectivity index (χ3v) is 6.94. The molecule has 7 heteroatoms. The fourth-order valence-electron chi connectivity index (χ4n) is 4.01. The molecule has 0 saturated carbocycles. The Balaban J connectivity index is 1.64. The summed E-state index contributed by atoms with van der Waals surface area (Å²) in [6.07, 6.45) is 3.61. The third-order valence-electron chi connectivity index (χ3n) is 5.80. The number of carbonyl (C=O) groups excluding carboxylic acids is 1. The van der Waals surface area contributed by atoms with Crippen LogP contribution in [-0.2, 0) is 14.8 Å². The van der Waals surface area contributed by atoms with Gasteiger partial charge in [-0.25, -0.2) is 8.42 Å². The van der Waals surface area contributed by atoms with E-state index in [0.29, 0.717) is 11.6 Å². The first-order valence-electron chi connectivity index (χ1n) is 10.8. The molecule has 0 unspecified atom stereocenters. The number of amides is 1. The molecule has 0 radical (unpaired) electrons. The van der Waals surface area contributed by atoms with Gasteiger partial charge in [-0.05, 0) is 62.4 Å². The molecule has 1 saturated heterocycles. The van der Waals surface area contributed by atoms with E-state index in [4.69, 9.17) is 0 Å². The molecule has 3 rings (SSSR count). The topological polar surface area (TPSA) is 69.7 Å². The van der Waals surface area contributed by atoms with Crippen LogP contribution < -0.4 is 14.5 Å². The first-order valence-corrected chi connectivity index (χ1v) is 12.7. The highest BCUT2D eigenvalue weighted by Crippen LogP contribution is 2.25. The van der Waals surface area contributed by atoms with Crippen molar-refractivity contribution in [3.05, 3.63) is 59.7 Å². The van der Waals surface area contributed by atoms with Gasteiger partial charge in [-0.15, -0.1) is 0 Å². The fraction of sp³-hybridized carbons (Fsp3) is 0.458. The number of piperidine rings is 1. The maximum atomic E-state index is 12.6. The number of anilines is 2. The first-order chi connectivity index (χ1) is 14.6. The van der Waals surface area contributed by atoms with E-state index in [-0.39, 0.29) is 18.5 Å². The zero-order valence-electron chi connectivity index (χ0n) is 18.8. The van der Waals surface area contributed by atoms with Crippen LogP contribution in [0.4, 0.5) is 11.4 Å². The summed E-state index contributed by atoms with van der Waals surface area (Å²) in [5, 5.41) is 2.93. The van der Waals surface area contributed by atoms with Crippen molar-refractivity contribution in [2.45, 2.75) is 39.7 Å². The number of hydrogen-bond donors (Lipinski definition) is 1. The Labute approximate surface area is 186 Å². The highest BCUT2D eigenvalue weighted by Gasteiger charge is 2.22. The molecule has 168 valence electrons. The van der Waals surface area contributed by atoms with Crippen molar-refractivity contribution >= 4 is 27.3 Å². The zero-order valence-corrected chi connectivity index (χ0v) is 19.7. The van der Waals surface area contributed by atoms with Gasteiger partial charge in [-0.3, -0.25) is 9.10 Å². The second-order valence-electron chi connectivity index (χ2n) is 8.68. The van der Waals surface area contributed by atoms with Crippen LogP contribution in [-0.4, -0.2) is 40.2 Å². The SMILES string of the molecule is Cc1ccc(N(CC(=O)N[C@@H](C)c2ccc(N3CCC[C@H](C)C3)cc2)S(C)(=O)=O)cc1. The van der Waals surface area contributed by atoms with Crippen molar-refractivity contribution in [3.8, 4) is 0 Å². The van der Waals surface area contributed by atoms with E-state index in [1.54, 1.807) is 12.1 Å². The predicted molar refractivity (Wildman–Crippen MR) is 127 cm³/mol. The van der Waals surface area contributed by atoms with Crippen LogP contribution in [0.25, 0.3) is 0 Å². The smallest absolute Gasteiger partial charge is 0.241 e. The zero-order chi connectivity index (χ0) is 22.6. The highest BCUT2D eigenvalue weighted by atomic mass is 32.2. The van der Waals surface area contributed by atoms with Gasteiger partial charge < -0.3 is 10.2 Å². The van der Waals surface area contributed by atoms with Crippen LogP contribution in [0, 0.1) is 12.8 Å². The van der Waals surface area contributed by atoms with E-state index in [1.165, 1.54) is 18.5 Å². The Morgan fingerprint density at radius 1 is 1.16 bits per heavy atom. The summed E-state index contributed by atoms with van der Waals surface area (Å²) >= 11 is 0. The largest absolute Gasteiger partial charge is 0.371 e. The normalized spacial score (nSPS) is 17.8. The molecule has 1 amide bonds. The lowest BCUT2D eigenvalue weighted by molar-refractivity contribution is -0.120. The van der Waals surface area contributed by atoms with Gasteiger partial charge in [0.1, 0.15) is 6.54 Å². The van der Waals surface area contributed by atoms with Gasteiger partial charge in [-0.2, -0.15) is 0 Å². The summed E-state index contributed by atoms with van der Waals surface area (Å²) < 4.78 is 25.7. The van der Waals surface area contributed by atoms with Crippen LogP contribution in [0.3, 0.4) is 0 Å². The van der Waals surface area contributed by atoms with Crippen molar-refractivity contribution in [2.24, 2.45) is 5.92 Å². The van der Waals surface area contributed by atoms with Crippen molar-refractivity contribution in [3.63, 3.8) is 0 Å². The number of hydrogen-bond acceptors (Lipinski definition) is 4. The Hall–Kier alpha value is -2.54. The van der Waals surface area contributed by atoms with Gasteiger partial charge in [-0.1, -0.05) is 36.8 Å². The van der Waals surface area contributed by atoms with Crippen LogP contribution in [0.2, 0.25) is 0 Å². The van der Waals surface area contributed by atoms with Gasteiger partial charge in [0, 0.05) is 18.8 Å². The van der Waals surface area contributed by atoms with Gasteiger partial charge in [0.2, 0.25) is 15.9 Å². The molecule has 2 aromatic carbocycles. The summed E-state index contributed by atoms with van der Waals surface area (Å²) in [6, 6.07) is 15.1. The predicted octanol–water partition coefficient (Wildman–Crippen LogP) is 3.87. The second-order valence-corrected chi connectivity index (χ2v) is 10.6. The standard InChI is InChI=1S/C24H33N3O3S/c1-18-7-11-23(12-8-18)27(31(4,29)30)17-24(28)25-20(3)21-9-13-22(14-10-21)26-15-5-6-19(2)16-26/h7-14,19-20H,5-6,15-17H2,1-4H3,(H,25,28)/t19-,20-/m0/s1. The van der Waals surface area contributed by atoms with Crippen LogP contribution >= 0.6 is 0 Å². The van der Waals surface area contributed by atoms with Crippen molar-refractivity contribution in [2.75, 3.05) is 35.1 Å². The Bertz CT molecular complexity index is 988. The van der Waals surface area contributed by atoms with E-state index in [2.05, 4.69) is 29.3 Å². The average molecular weight is 444 g/mol.